The minimum Gasteiger partial charge on any atom is -0.419 e. The van der Waals surface area contributed by atoms with Gasteiger partial charge in [-0.2, -0.15) is 0 Å². The summed E-state index contributed by atoms with van der Waals surface area (Å²) in [6, 6.07) is 3.94. The van der Waals surface area contributed by atoms with Gasteiger partial charge in [0.05, 0.1) is 22.9 Å². The molecule has 0 atom stereocenters. The minimum absolute atomic E-state index is 0.148. The lowest BCUT2D eigenvalue weighted by atomic mass is 10.2. The van der Waals surface area contributed by atoms with Gasteiger partial charge in [-0.1, -0.05) is 0 Å². The number of hydrogen-bond donors (Lipinski definition) is 3. The molecule has 1 aromatic rings. The summed E-state index contributed by atoms with van der Waals surface area (Å²) in [4.78, 5) is 34.1. The summed E-state index contributed by atoms with van der Waals surface area (Å²) < 4.78 is 9.91. The van der Waals surface area contributed by atoms with Gasteiger partial charge in [0.25, 0.3) is 11.5 Å². The topological polar surface area (TPSA) is 140 Å². The maximum Gasteiger partial charge on any atom is 0.350 e. The first-order valence-electron chi connectivity index (χ1n) is 7.30. The van der Waals surface area contributed by atoms with E-state index < -0.39 is 22.6 Å². The molecule has 0 radical (unpaired) electrons. The number of carbonyl (C=O) groups excluding carboxylic acids is 2. The zero-order chi connectivity index (χ0) is 18.6. The van der Waals surface area contributed by atoms with Gasteiger partial charge in [0.1, 0.15) is 0 Å². The number of anilines is 2. The molecular weight excluding hydrogens is 334 g/mol. The van der Waals surface area contributed by atoms with E-state index in [-0.39, 0.29) is 30.1 Å². The van der Waals surface area contributed by atoms with Crippen molar-refractivity contribution >= 4 is 29.0 Å². The number of cyclic esters (lactones) is 2. The monoisotopic (exact) mass is 351 g/mol. The van der Waals surface area contributed by atoms with Crippen LogP contribution in [0.1, 0.15) is 13.8 Å². The number of benzene rings is 1. The van der Waals surface area contributed by atoms with E-state index in [1.165, 1.54) is 32.0 Å². The van der Waals surface area contributed by atoms with E-state index in [9.17, 15) is 19.7 Å². The predicted octanol–water partition coefficient (Wildman–Crippen LogP) is 1.13. The van der Waals surface area contributed by atoms with E-state index in [0.29, 0.717) is 5.69 Å². The molecule has 0 aromatic heterocycles. The van der Waals surface area contributed by atoms with E-state index in [2.05, 4.69) is 10.6 Å². The maximum absolute atomic E-state index is 11.9. The van der Waals surface area contributed by atoms with Crippen LogP contribution < -0.4 is 10.6 Å². The third kappa shape index (κ3) is 4.44. The Morgan fingerprint density at radius 3 is 2.44 bits per heavy atom. The fourth-order valence-corrected chi connectivity index (χ4v) is 2.04. The number of aliphatic hydroxyl groups is 1. The highest BCUT2D eigenvalue weighted by atomic mass is 16.7. The molecular formula is C15H17N3O7. The second kappa shape index (κ2) is 7.18. The molecule has 1 heterocycles. The van der Waals surface area contributed by atoms with Crippen molar-refractivity contribution in [2.45, 2.75) is 19.6 Å². The number of esters is 2. The Labute approximate surface area is 142 Å². The van der Waals surface area contributed by atoms with Gasteiger partial charge in [-0.05, 0) is 6.07 Å². The highest BCUT2D eigenvalue weighted by Gasteiger charge is 2.39. The summed E-state index contributed by atoms with van der Waals surface area (Å²) in [6.07, 6.45) is 1.06. The molecule has 0 bridgehead atoms. The Hall–Kier alpha value is -3.14. The molecule has 1 aliphatic rings. The lowest BCUT2D eigenvalue weighted by Crippen LogP contribution is -2.42. The fraction of sp³-hybridized carbons (Fsp3) is 0.333. The van der Waals surface area contributed by atoms with Crippen LogP contribution in [0.15, 0.2) is 30.0 Å². The molecule has 1 aromatic carbocycles. The first kappa shape index (κ1) is 18.2. The number of hydrogen-bond acceptors (Lipinski definition) is 9. The summed E-state index contributed by atoms with van der Waals surface area (Å²) in [5, 5.41) is 25.3. The van der Waals surface area contributed by atoms with E-state index in [1.807, 2.05) is 0 Å². The SMILES string of the molecule is CC1(C)OC(=O)C(=CNc2cc([N+](=O)[O-])ccc2NCCO)C(=O)O1. The van der Waals surface area contributed by atoms with Gasteiger partial charge in [-0.15, -0.1) is 0 Å². The number of nitrogens with one attached hydrogen (secondary N) is 2. The number of rotatable bonds is 6. The van der Waals surface area contributed by atoms with Crippen molar-refractivity contribution in [3.8, 4) is 0 Å². The largest absolute Gasteiger partial charge is 0.419 e. The smallest absolute Gasteiger partial charge is 0.350 e. The molecule has 1 fully saturated rings. The second-order valence-electron chi connectivity index (χ2n) is 5.52. The van der Waals surface area contributed by atoms with Crippen molar-refractivity contribution in [1.29, 1.82) is 0 Å². The quantitative estimate of drug-likeness (QED) is 0.226. The number of nitrogens with zero attached hydrogens (tertiary/aromatic N) is 1. The van der Waals surface area contributed by atoms with Crippen molar-refractivity contribution in [1.82, 2.24) is 0 Å². The molecule has 2 rings (SSSR count). The van der Waals surface area contributed by atoms with Crippen LogP contribution in [-0.4, -0.2) is 40.9 Å². The number of ether oxygens (including phenoxy) is 2. The standard InChI is InChI=1S/C15H17N3O7/c1-15(2)24-13(20)10(14(21)25-15)8-17-12-7-9(18(22)23)3-4-11(12)16-5-6-19/h3-4,7-8,16-17,19H,5-6H2,1-2H3. The number of carbonyl (C=O) groups is 2. The molecule has 134 valence electrons. The lowest BCUT2D eigenvalue weighted by Gasteiger charge is -2.29. The molecule has 1 saturated heterocycles. The van der Waals surface area contributed by atoms with Gasteiger partial charge in [0, 0.05) is 38.7 Å². The lowest BCUT2D eigenvalue weighted by molar-refractivity contribution is -0.384. The molecule has 10 nitrogen and oxygen atoms in total. The van der Waals surface area contributed by atoms with Crippen LogP contribution in [0.25, 0.3) is 0 Å². The molecule has 3 N–H and O–H groups in total. The summed E-state index contributed by atoms with van der Waals surface area (Å²) in [6.45, 7) is 2.90. The van der Waals surface area contributed by atoms with Crippen LogP contribution in [0.4, 0.5) is 17.1 Å². The zero-order valence-electron chi connectivity index (χ0n) is 13.6. The highest BCUT2D eigenvalue weighted by Crippen LogP contribution is 2.28. The predicted molar refractivity (Wildman–Crippen MR) is 86.6 cm³/mol. The van der Waals surface area contributed by atoms with Gasteiger partial charge >= 0.3 is 11.9 Å². The van der Waals surface area contributed by atoms with Crippen LogP contribution >= 0.6 is 0 Å². The van der Waals surface area contributed by atoms with Crippen LogP contribution in [0, 0.1) is 10.1 Å². The summed E-state index contributed by atoms with van der Waals surface area (Å²) in [5.74, 6) is -3.10. The van der Waals surface area contributed by atoms with Crippen LogP contribution in [-0.2, 0) is 19.1 Å². The van der Waals surface area contributed by atoms with Crippen LogP contribution in [0.3, 0.4) is 0 Å². The minimum atomic E-state index is -1.36. The zero-order valence-corrected chi connectivity index (χ0v) is 13.6. The van der Waals surface area contributed by atoms with Crippen molar-refractivity contribution in [2.24, 2.45) is 0 Å². The Balaban J connectivity index is 2.28. The Kier molecular flexibility index (Phi) is 5.22. The molecule has 0 aliphatic carbocycles. The van der Waals surface area contributed by atoms with Crippen LogP contribution in [0.5, 0.6) is 0 Å². The molecule has 25 heavy (non-hydrogen) atoms. The Morgan fingerprint density at radius 1 is 1.24 bits per heavy atom. The van der Waals surface area contributed by atoms with E-state index in [0.717, 1.165) is 6.20 Å². The second-order valence-corrected chi connectivity index (χ2v) is 5.52. The third-order valence-electron chi connectivity index (χ3n) is 3.13. The molecule has 0 unspecified atom stereocenters. The molecule has 1 aliphatic heterocycles. The fourth-order valence-electron chi connectivity index (χ4n) is 2.04. The third-order valence-corrected chi connectivity index (χ3v) is 3.13. The van der Waals surface area contributed by atoms with Crippen molar-refractivity contribution in [3.05, 3.63) is 40.1 Å². The molecule has 0 amide bonds. The van der Waals surface area contributed by atoms with E-state index >= 15 is 0 Å². The van der Waals surface area contributed by atoms with E-state index in [4.69, 9.17) is 14.6 Å². The van der Waals surface area contributed by atoms with E-state index in [1.54, 1.807) is 0 Å². The van der Waals surface area contributed by atoms with Crippen LogP contribution in [0.2, 0.25) is 0 Å². The number of nitro groups is 1. The summed E-state index contributed by atoms with van der Waals surface area (Å²) in [7, 11) is 0. The normalized spacial score (nSPS) is 15.9. The first-order valence-corrected chi connectivity index (χ1v) is 7.30. The number of non-ortho nitro benzene ring substituents is 1. The first-order chi connectivity index (χ1) is 11.7. The Bertz CT molecular complexity index is 721. The van der Waals surface area contributed by atoms with Gasteiger partial charge in [0.15, 0.2) is 5.57 Å². The molecule has 0 spiro atoms. The average Bonchev–Trinajstić information content (AvgIpc) is 2.51. The summed E-state index contributed by atoms with van der Waals surface area (Å²) >= 11 is 0. The average molecular weight is 351 g/mol. The van der Waals surface area contributed by atoms with Gasteiger partial charge in [0.2, 0.25) is 0 Å². The molecule has 0 saturated carbocycles. The van der Waals surface area contributed by atoms with Gasteiger partial charge in [-0.3, -0.25) is 10.1 Å². The van der Waals surface area contributed by atoms with Gasteiger partial charge < -0.3 is 25.2 Å². The van der Waals surface area contributed by atoms with Crippen molar-refractivity contribution in [3.63, 3.8) is 0 Å². The Morgan fingerprint density at radius 2 is 1.88 bits per heavy atom. The highest BCUT2D eigenvalue weighted by molar-refractivity contribution is 6.15. The van der Waals surface area contributed by atoms with Crippen molar-refractivity contribution < 1.29 is 29.1 Å². The van der Waals surface area contributed by atoms with Crippen molar-refractivity contribution in [2.75, 3.05) is 23.8 Å². The molecule has 10 heteroatoms. The van der Waals surface area contributed by atoms with Gasteiger partial charge in [-0.25, -0.2) is 9.59 Å². The number of nitro benzene ring substituents is 1. The summed E-state index contributed by atoms with van der Waals surface area (Å²) in [5.41, 5.74) is 0.110. The number of aliphatic hydroxyl groups excluding tert-OH is 1. The maximum atomic E-state index is 11.9.